The van der Waals surface area contributed by atoms with Crippen molar-refractivity contribution >= 4 is 17.9 Å². The van der Waals surface area contributed by atoms with Gasteiger partial charge in [-0.3, -0.25) is 0 Å². The van der Waals surface area contributed by atoms with Crippen LogP contribution in [0.25, 0.3) is 0 Å². The number of quaternary nitrogens is 3. The van der Waals surface area contributed by atoms with E-state index in [1.807, 2.05) is 0 Å². The molecular weight excluding hydrogens is 1070 g/mol. The van der Waals surface area contributed by atoms with Gasteiger partial charge in [-0.05, 0) is 19.3 Å². The van der Waals surface area contributed by atoms with Gasteiger partial charge in [-0.25, -0.2) is 14.4 Å². The first-order valence-corrected chi connectivity index (χ1v) is 34.7. The highest BCUT2D eigenvalue weighted by atomic mass is 35.5. The van der Waals surface area contributed by atoms with Crippen LogP contribution in [0.2, 0.25) is 0 Å². The smallest absolute Gasteiger partial charge is 0.361 e. The summed E-state index contributed by atoms with van der Waals surface area (Å²) < 4.78 is 18.9. The van der Waals surface area contributed by atoms with E-state index in [0.29, 0.717) is 72.5 Å². The summed E-state index contributed by atoms with van der Waals surface area (Å²) in [5, 5.41) is 0. The second-order valence-corrected chi connectivity index (χ2v) is 26.4. The van der Waals surface area contributed by atoms with Crippen molar-refractivity contribution in [1.29, 1.82) is 0 Å². The second-order valence-electron chi connectivity index (χ2n) is 26.4. The van der Waals surface area contributed by atoms with E-state index in [1.54, 1.807) is 0 Å². The molecule has 0 N–H and O–H groups in total. The molecule has 0 aliphatic carbocycles. The molecule has 81 heavy (non-hydrogen) atoms. The number of halogens is 3. The van der Waals surface area contributed by atoms with E-state index in [2.05, 4.69) is 56.0 Å². The van der Waals surface area contributed by atoms with Gasteiger partial charge in [0.25, 0.3) is 0 Å². The zero-order valence-corrected chi connectivity index (χ0v) is 57.7. The van der Waals surface area contributed by atoms with E-state index >= 15 is 0 Å². The first-order valence-electron chi connectivity index (χ1n) is 34.7. The highest BCUT2D eigenvalue weighted by Gasteiger charge is 2.34. The molecule has 9 nitrogen and oxygen atoms in total. The molecule has 12 heteroatoms. The molecule has 0 aromatic carbocycles. The fourth-order valence-corrected chi connectivity index (χ4v) is 11.1. The molecule has 0 saturated heterocycles. The molecule has 0 aromatic heterocycles. The first-order chi connectivity index (χ1) is 37.8. The summed E-state index contributed by atoms with van der Waals surface area (Å²) in [5.41, 5.74) is 0. The summed E-state index contributed by atoms with van der Waals surface area (Å²) in [6.07, 6.45) is 63.4. The fraction of sp³-hybridized carbons (Fsp3) is 0.957. The van der Waals surface area contributed by atoms with Gasteiger partial charge in [0.15, 0.2) is 19.6 Å². The van der Waals surface area contributed by atoms with Gasteiger partial charge in [0, 0.05) is 0 Å². The van der Waals surface area contributed by atoms with Crippen LogP contribution in [0.4, 0.5) is 0 Å². The predicted octanol–water partition coefficient (Wildman–Crippen LogP) is 10.0. The third-order valence-electron chi connectivity index (χ3n) is 16.9. The van der Waals surface area contributed by atoms with Gasteiger partial charge in [0.2, 0.25) is 0 Å². The van der Waals surface area contributed by atoms with Crippen LogP contribution in [0.3, 0.4) is 0 Å². The Balaban J connectivity index is -0.00000988. The first kappa shape index (κ1) is 86.6. The number of hydrogen-bond donors (Lipinski definition) is 0. The number of ether oxygens (including phenoxy) is 3. The predicted molar refractivity (Wildman–Crippen MR) is 336 cm³/mol. The third-order valence-corrected chi connectivity index (χ3v) is 16.9. The lowest BCUT2D eigenvalue weighted by Crippen LogP contribution is -3.00. The molecule has 0 bridgehead atoms. The van der Waals surface area contributed by atoms with Crippen LogP contribution in [-0.2, 0) is 28.6 Å². The summed E-state index contributed by atoms with van der Waals surface area (Å²) in [7, 11) is 10.5. The number of hydrogen-bond acceptors (Lipinski definition) is 6. The van der Waals surface area contributed by atoms with Crippen molar-refractivity contribution in [2.45, 2.75) is 329 Å². The number of esters is 3. The molecule has 0 atom stereocenters. The molecule has 0 unspecified atom stereocenters. The highest BCUT2D eigenvalue weighted by Crippen LogP contribution is 2.18. The highest BCUT2D eigenvalue weighted by molar-refractivity contribution is 5.71. The minimum absolute atomic E-state index is 0. The maximum absolute atomic E-state index is 13.5. The van der Waals surface area contributed by atoms with Crippen LogP contribution in [0, 0.1) is 0 Å². The minimum atomic E-state index is -0.162. The lowest BCUT2D eigenvalue weighted by Gasteiger charge is -2.39. The summed E-state index contributed by atoms with van der Waals surface area (Å²) in [6.45, 7) is 12.0. The maximum atomic E-state index is 13.5. The van der Waals surface area contributed by atoms with Crippen LogP contribution in [0.15, 0.2) is 0 Å². The monoisotopic (exact) mass is 1210 g/mol. The number of unbranched alkanes of at least 4 members (excludes halogenated alkanes) is 45. The van der Waals surface area contributed by atoms with Gasteiger partial charge in [0.1, 0.15) is 26.2 Å². The van der Waals surface area contributed by atoms with Crippen molar-refractivity contribution in [2.75, 3.05) is 101 Å². The van der Waals surface area contributed by atoms with E-state index in [9.17, 15) is 14.4 Å². The van der Waals surface area contributed by atoms with Crippen LogP contribution in [-0.4, -0.2) is 132 Å². The number of carbonyl (C=O) groups excluding carboxylic acids is 3. The molecule has 0 aliphatic rings. The maximum Gasteiger partial charge on any atom is 0.361 e. The zero-order valence-electron chi connectivity index (χ0n) is 55.4. The molecular formula is C69H140Cl3N3O6. The van der Waals surface area contributed by atoms with Gasteiger partial charge in [-0.2, -0.15) is 0 Å². The van der Waals surface area contributed by atoms with Gasteiger partial charge >= 0.3 is 17.9 Å². The summed E-state index contributed by atoms with van der Waals surface area (Å²) in [5.74, 6) is -0.459. The van der Waals surface area contributed by atoms with E-state index in [1.165, 1.54) is 270 Å². The topological polar surface area (TPSA) is 78.9 Å². The van der Waals surface area contributed by atoms with Crippen LogP contribution in [0.1, 0.15) is 329 Å². The van der Waals surface area contributed by atoms with Gasteiger partial charge in [-0.1, -0.05) is 310 Å². The van der Waals surface area contributed by atoms with Crippen molar-refractivity contribution < 1.29 is 79.3 Å². The van der Waals surface area contributed by atoms with Crippen LogP contribution >= 0.6 is 0 Å². The summed E-state index contributed by atoms with van der Waals surface area (Å²) in [6, 6.07) is 0. The molecule has 0 saturated carbocycles. The minimum Gasteiger partial charge on any atom is -1.00 e. The lowest BCUT2D eigenvalue weighted by molar-refractivity contribution is -0.970. The van der Waals surface area contributed by atoms with Crippen molar-refractivity contribution in [1.82, 2.24) is 0 Å². The Kier molecular flexibility index (Phi) is 68.1. The fourth-order valence-electron chi connectivity index (χ4n) is 11.1. The van der Waals surface area contributed by atoms with E-state index in [0.717, 1.165) is 38.5 Å². The standard InChI is InChI=1S/C69H140N3O6.3ClH/c1-9-12-15-18-21-24-27-30-33-36-39-42-45-48-51-54-61-76-67(73)64-70(4,5)57-59-72(8,66-69(75)78-63-56-53-50-47-44-41-38-35-32-29-26-23-20-17-14-11-3)60-58-71(6,7)65-68(74)77-62-55-52-49-46-43-40-37-34-31-28-25-22-19-16-13-10-2;;;/h9-66H2,1-8H3;3*1H/q+3;;;/p-3. The van der Waals surface area contributed by atoms with Gasteiger partial charge < -0.3 is 64.9 Å². The normalized spacial score (nSPS) is 11.7. The quantitative estimate of drug-likeness (QED) is 0.0261. The Morgan fingerprint density at radius 2 is 0.395 bits per heavy atom. The van der Waals surface area contributed by atoms with Gasteiger partial charge in [0.05, 0.1) is 55.1 Å². The van der Waals surface area contributed by atoms with Crippen molar-refractivity contribution in [3.8, 4) is 0 Å². The molecule has 0 spiro atoms. The van der Waals surface area contributed by atoms with Crippen molar-refractivity contribution in [3.05, 3.63) is 0 Å². The van der Waals surface area contributed by atoms with Gasteiger partial charge in [-0.15, -0.1) is 0 Å². The number of nitrogens with zero attached hydrogens (tertiary/aromatic N) is 3. The molecule has 0 heterocycles. The Morgan fingerprint density at radius 3 is 0.580 bits per heavy atom. The summed E-state index contributed by atoms with van der Waals surface area (Å²) in [4.78, 5) is 39.7. The zero-order chi connectivity index (χ0) is 57.4. The Morgan fingerprint density at radius 1 is 0.235 bits per heavy atom. The second kappa shape index (κ2) is 63.7. The number of carbonyl (C=O) groups is 3. The number of likely N-dealkylation sites (N-methyl/N-ethyl adjacent to an activating group) is 3. The molecule has 0 aliphatic heterocycles. The van der Waals surface area contributed by atoms with Crippen LogP contribution in [0.5, 0.6) is 0 Å². The molecule has 0 amide bonds. The van der Waals surface area contributed by atoms with E-state index in [-0.39, 0.29) is 61.7 Å². The molecule has 0 fully saturated rings. The van der Waals surface area contributed by atoms with Crippen LogP contribution < -0.4 is 37.2 Å². The molecule has 0 aromatic rings. The van der Waals surface area contributed by atoms with Crippen molar-refractivity contribution in [3.63, 3.8) is 0 Å². The van der Waals surface area contributed by atoms with Crippen molar-refractivity contribution in [2.24, 2.45) is 0 Å². The molecule has 0 rings (SSSR count). The molecule has 0 radical (unpaired) electrons. The summed E-state index contributed by atoms with van der Waals surface area (Å²) >= 11 is 0. The number of rotatable bonds is 63. The largest absolute Gasteiger partial charge is 1.00 e. The average molecular weight is 1210 g/mol. The Bertz CT molecular complexity index is 1260. The third kappa shape index (κ3) is 65.0. The van der Waals surface area contributed by atoms with E-state index in [4.69, 9.17) is 14.2 Å². The Hall–Kier alpha value is -0.840. The Labute approximate surface area is 524 Å². The van der Waals surface area contributed by atoms with E-state index < -0.39 is 0 Å². The SMILES string of the molecule is CCCCCCCCCCCCCCCCCCOC(=O)C[N+](C)(C)CC[N+](C)(CC[N+](C)(C)CC(=O)OCCCCCCCCCCCCCCCCCC)CC(=O)OCCCCCCCCCCCCCCCCCC.[Cl-].[Cl-].[Cl-]. The average Bonchev–Trinajstić information content (AvgIpc) is 3.40. The lowest BCUT2D eigenvalue weighted by atomic mass is 10.0. The molecule has 488 valence electrons.